The van der Waals surface area contributed by atoms with Gasteiger partial charge in [0.15, 0.2) is 5.54 Å². The molecule has 7 nitrogen and oxygen atoms in total. The zero-order valence-electron chi connectivity index (χ0n) is 11.5. The molecule has 7 heteroatoms. The van der Waals surface area contributed by atoms with E-state index in [-0.39, 0.29) is 6.54 Å². The van der Waals surface area contributed by atoms with Gasteiger partial charge in [0.25, 0.3) is 0 Å². The van der Waals surface area contributed by atoms with Gasteiger partial charge in [-0.25, -0.2) is 14.6 Å². The smallest absolute Gasteiger partial charge is 0.333 e. The Morgan fingerprint density at radius 1 is 1.33 bits per heavy atom. The van der Waals surface area contributed by atoms with Crippen LogP contribution in [0.25, 0.3) is 0 Å². The second-order valence-corrected chi connectivity index (χ2v) is 4.68. The summed E-state index contributed by atoms with van der Waals surface area (Å²) in [5.41, 5.74) is -0.282. The van der Waals surface area contributed by atoms with Gasteiger partial charge in [-0.3, -0.25) is 0 Å². The molecular weight excluding hydrogens is 272 g/mol. The minimum absolute atomic E-state index is 0.232. The number of H-pyrrole nitrogens is 1. The number of rotatable bonds is 5. The Balaban J connectivity index is 2.06. The van der Waals surface area contributed by atoms with Gasteiger partial charge in [-0.15, -0.1) is 0 Å². The monoisotopic (exact) mass is 288 g/mol. The lowest BCUT2D eigenvalue weighted by Gasteiger charge is -2.26. The van der Waals surface area contributed by atoms with Gasteiger partial charge in [-0.05, 0) is 12.5 Å². The van der Waals surface area contributed by atoms with Crippen LogP contribution >= 0.6 is 0 Å². The number of carboxylic acids is 1. The standard InChI is InChI=1S/C14H16N4O3/c1-14(12(19)20,10-5-3-2-4-6-10)18-13(21)16-8-11-7-15-9-17-11/h2-7,9H,8H2,1H3,(H,15,17)(H,19,20)(H2,16,18,21). The Labute approximate surface area is 121 Å². The average Bonchev–Trinajstić information content (AvgIpc) is 2.99. The summed E-state index contributed by atoms with van der Waals surface area (Å²) in [6, 6.07) is 7.97. The minimum Gasteiger partial charge on any atom is -0.479 e. The minimum atomic E-state index is -1.50. The summed E-state index contributed by atoms with van der Waals surface area (Å²) < 4.78 is 0. The van der Waals surface area contributed by atoms with Crippen LogP contribution in [-0.2, 0) is 16.9 Å². The zero-order valence-corrected chi connectivity index (χ0v) is 11.5. The number of carbonyl (C=O) groups excluding carboxylic acids is 1. The maximum Gasteiger partial charge on any atom is 0.333 e. The van der Waals surface area contributed by atoms with Crippen LogP contribution in [0.3, 0.4) is 0 Å². The molecule has 1 aromatic heterocycles. The van der Waals surface area contributed by atoms with E-state index in [0.29, 0.717) is 5.56 Å². The van der Waals surface area contributed by atoms with E-state index in [2.05, 4.69) is 20.6 Å². The third kappa shape index (κ3) is 3.38. The fourth-order valence-corrected chi connectivity index (χ4v) is 1.85. The molecule has 0 spiro atoms. The number of aromatic amines is 1. The number of imidazole rings is 1. The largest absolute Gasteiger partial charge is 0.479 e. The van der Waals surface area contributed by atoms with Gasteiger partial charge < -0.3 is 20.7 Å². The van der Waals surface area contributed by atoms with Gasteiger partial charge in [0.05, 0.1) is 18.6 Å². The predicted molar refractivity (Wildman–Crippen MR) is 75.4 cm³/mol. The Morgan fingerprint density at radius 3 is 2.62 bits per heavy atom. The number of aromatic nitrogens is 2. The first-order chi connectivity index (χ1) is 10.0. The molecule has 1 heterocycles. The molecule has 1 unspecified atom stereocenters. The number of amides is 2. The van der Waals surface area contributed by atoms with E-state index < -0.39 is 17.5 Å². The predicted octanol–water partition coefficient (Wildman–Crippen LogP) is 1.21. The molecule has 0 fully saturated rings. The first-order valence-electron chi connectivity index (χ1n) is 6.34. The summed E-state index contributed by atoms with van der Waals surface area (Å²) in [7, 11) is 0. The van der Waals surface area contributed by atoms with Crippen molar-refractivity contribution in [3.63, 3.8) is 0 Å². The highest BCUT2D eigenvalue weighted by atomic mass is 16.4. The van der Waals surface area contributed by atoms with Crippen molar-refractivity contribution in [3.8, 4) is 0 Å². The van der Waals surface area contributed by atoms with E-state index in [1.807, 2.05) is 0 Å². The van der Waals surface area contributed by atoms with Gasteiger partial charge in [-0.1, -0.05) is 30.3 Å². The molecule has 0 aliphatic heterocycles. The van der Waals surface area contributed by atoms with E-state index in [1.54, 1.807) is 36.5 Å². The molecule has 0 aliphatic carbocycles. The number of nitrogens with zero attached hydrogens (tertiary/aromatic N) is 1. The number of hydrogen-bond donors (Lipinski definition) is 4. The van der Waals surface area contributed by atoms with E-state index in [4.69, 9.17) is 0 Å². The second-order valence-electron chi connectivity index (χ2n) is 4.68. The van der Waals surface area contributed by atoms with Crippen molar-refractivity contribution in [3.05, 3.63) is 54.1 Å². The van der Waals surface area contributed by atoms with E-state index in [9.17, 15) is 14.7 Å². The van der Waals surface area contributed by atoms with Crippen molar-refractivity contribution in [1.29, 1.82) is 0 Å². The summed E-state index contributed by atoms with van der Waals surface area (Å²) in [4.78, 5) is 30.1. The fraction of sp³-hybridized carbons (Fsp3) is 0.214. The normalized spacial score (nSPS) is 13.2. The lowest BCUT2D eigenvalue weighted by Crippen LogP contribution is -2.52. The molecule has 4 N–H and O–H groups in total. The molecular formula is C14H16N4O3. The number of urea groups is 1. The highest BCUT2D eigenvalue weighted by Gasteiger charge is 2.36. The summed E-state index contributed by atoms with van der Waals surface area (Å²) in [5, 5.41) is 14.5. The summed E-state index contributed by atoms with van der Waals surface area (Å²) in [6.07, 6.45) is 3.08. The lowest BCUT2D eigenvalue weighted by atomic mass is 9.92. The lowest BCUT2D eigenvalue weighted by molar-refractivity contribution is -0.144. The molecule has 110 valence electrons. The molecule has 2 rings (SSSR count). The third-order valence-corrected chi connectivity index (χ3v) is 3.14. The Kier molecular flexibility index (Phi) is 4.22. The molecule has 2 amide bonds. The van der Waals surface area contributed by atoms with Crippen LogP contribution in [-0.4, -0.2) is 27.1 Å². The van der Waals surface area contributed by atoms with Crippen LogP contribution in [0.15, 0.2) is 42.9 Å². The maximum atomic E-state index is 11.9. The second kappa shape index (κ2) is 6.08. The molecule has 0 saturated heterocycles. The van der Waals surface area contributed by atoms with Crippen LogP contribution in [0.4, 0.5) is 4.79 Å². The van der Waals surface area contributed by atoms with Crippen molar-refractivity contribution in [2.75, 3.05) is 0 Å². The molecule has 0 bridgehead atoms. The van der Waals surface area contributed by atoms with E-state index in [1.165, 1.54) is 13.3 Å². The molecule has 0 saturated carbocycles. The first-order valence-corrected chi connectivity index (χ1v) is 6.34. The quantitative estimate of drug-likeness (QED) is 0.663. The van der Waals surface area contributed by atoms with Crippen molar-refractivity contribution in [2.45, 2.75) is 19.0 Å². The van der Waals surface area contributed by atoms with Gasteiger partial charge in [-0.2, -0.15) is 0 Å². The molecule has 0 radical (unpaired) electrons. The summed E-state index contributed by atoms with van der Waals surface area (Å²) in [6.45, 7) is 1.68. The Morgan fingerprint density at radius 2 is 2.05 bits per heavy atom. The van der Waals surface area contributed by atoms with Gasteiger partial charge >= 0.3 is 12.0 Å². The van der Waals surface area contributed by atoms with Crippen LogP contribution in [0.5, 0.6) is 0 Å². The van der Waals surface area contributed by atoms with Crippen LogP contribution < -0.4 is 10.6 Å². The molecule has 1 aromatic carbocycles. The number of benzene rings is 1. The van der Waals surface area contributed by atoms with Crippen LogP contribution in [0.1, 0.15) is 18.2 Å². The summed E-state index contributed by atoms with van der Waals surface area (Å²) in [5.74, 6) is -1.13. The van der Waals surface area contributed by atoms with Crippen molar-refractivity contribution >= 4 is 12.0 Å². The molecule has 0 aliphatic rings. The zero-order chi connectivity index (χ0) is 15.3. The molecule has 1 atom stereocenters. The Hall–Kier alpha value is -2.83. The molecule has 21 heavy (non-hydrogen) atoms. The highest BCUT2D eigenvalue weighted by molar-refractivity contribution is 5.87. The Bertz CT molecular complexity index is 612. The van der Waals surface area contributed by atoms with Crippen LogP contribution in [0.2, 0.25) is 0 Å². The number of carbonyl (C=O) groups is 2. The topological polar surface area (TPSA) is 107 Å². The summed E-state index contributed by atoms with van der Waals surface area (Å²) >= 11 is 0. The van der Waals surface area contributed by atoms with Gasteiger partial charge in [0.1, 0.15) is 0 Å². The third-order valence-electron chi connectivity index (χ3n) is 3.14. The van der Waals surface area contributed by atoms with Gasteiger partial charge in [0, 0.05) is 6.20 Å². The van der Waals surface area contributed by atoms with Gasteiger partial charge in [0.2, 0.25) is 0 Å². The van der Waals surface area contributed by atoms with Crippen molar-refractivity contribution in [1.82, 2.24) is 20.6 Å². The maximum absolute atomic E-state index is 11.9. The van der Waals surface area contributed by atoms with Crippen molar-refractivity contribution in [2.24, 2.45) is 0 Å². The van der Waals surface area contributed by atoms with E-state index >= 15 is 0 Å². The molecule has 2 aromatic rings. The number of nitrogens with one attached hydrogen (secondary N) is 3. The fourth-order valence-electron chi connectivity index (χ4n) is 1.85. The van der Waals surface area contributed by atoms with Crippen LogP contribution in [0, 0.1) is 0 Å². The number of carboxylic acid groups (broad SMARTS) is 1. The first kappa shape index (κ1) is 14.6. The number of hydrogen-bond acceptors (Lipinski definition) is 3. The van der Waals surface area contributed by atoms with Crippen molar-refractivity contribution < 1.29 is 14.7 Å². The number of aliphatic carboxylic acids is 1. The average molecular weight is 288 g/mol. The van der Waals surface area contributed by atoms with E-state index in [0.717, 1.165) is 5.69 Å². The highest BCUT2D eigenvalue weighted by Crippen LogP contribution is 2.20. The SMILES string of the molecule is CC(NC(=O)NCc1cnc[nH]1)(C(=O)O)c1ccccc1.